The molecule has 0 amide bonds. The summed E-state index contributed by atoms with van der Waals surface area (Å²) in [7, 11) is 0. The maximum atomic E-state index is 13.6. The van der Waals surface area contributed by atoms with E-state index >= 15 is 0 Å². The Bertz CT molecular complexity index is 542. The third kappa shape index (κ3) is 3.73. The molecule has 0 aliphatic heterocycles. The van der Waals surface area contributed by atoms with E-state index in [1.54, 1.807) is 6.92 Å². The largest absolute Gasteiger partial charge is 0.466 e. The zero-order chi connectivity index (χ0) is 15.3. The lowest BCUT2D eigenvalue weighted by molar-refractivity contribution is -0.147. The molecule has 108 valence electrons. The van der Waals surface area contributed by atoms with E-state index in [0.717, 1.165) is 0 Å². The molecule has 0 saturated heterocycles. The van der Waals surface area contributed by atoms with Gasteiger partial charge in [0.15, 0.2) is 0 Å². The predicted octanol–water partition coefficient (Wildman–Crippen LogP) is 1.18. The molecular formula is C13H13F2NO4. The van der Waals surface area contributed by atoms with Gasteiger partial charge in [-0.15, -0.1) is 0 Å². The van der Waals surface area contributed by atoms with Crippen molar-refractivity contribution in [3.05, 3.63) is 34.9 Å². The second-order valence-corrected chi connectivity index (χ2v) is 3.99. The Morgan fingerprint density at radius 1 is 1.40 bits per heavy atom. The van der Waals surface area contributed by atoms with Gasteiger partial charge >= 0.3 is 5.97 Å². The lowest BCUT2D eigenvalue weighted by Crippen LogP contribution is -2.24. The van der Waals surface area contributed by atoms with Gasteiger partial charge < -0.3 is 14.9 Å². The number of benzene rings is 1. The molecule has 0 saturated carbocycles. The van der Waals surface area contributed by atoms with Crippen LogP contribution in [0.1, 0.15) is 30.6 Å². The average Bonchev–Trinajstić information content (AvgIpc) is 2.40. The fourth-order valence-electron chi connectivity index (χ4n) is 1.58. The van der Waals surface area contributed by atoms with E-state index in [9.17, 15) is 23.8 Å². The number of nitriles is 1. The molecule has 1 rings (SSSR count). The number of esters is 1. The Labute approximate surface area is 114 Å². The first-order valence-electron chi connectivity index (χ1n) is 5.81. The van der Waals surface area contributed by atoms with Crippen molar-refractivity contribution in [3.8, 4) is 6.07 Å². The van der Waals surface area contributed by atoms with Crippen molar-refractivity contribution in [1.29, 1.82) is 5.26 Å². The Morgan fingerprint density at radius 3 is 2.60 bits per heavy atom. The lowest BCUT2D eigenvalue weighted by Gasteiger charge is -2.18. The van der Waals surface area contributed by atoms with E-state index in [-0.39, 0.29) is 6.61 Å². The minimum atomic E-state index is -1.80. The van der Waals surface area contributed by atoms with Crippen LogP contribution >= 0.6 is 0 Å². The minimum absolute atomic E-state index is 0.0987. The molecule has 0 aliphatic carbocycles. The predicted molar refractivity (Wildman–Crippen MR) is 63.3 cm³/mol. The van der Waals surface area contributed by atoms with Crippen LogP contribution in [0.5, 0.6) is 0 Å². The molecule has 0 fully saturated rings. The summed E-state index contributed by atoms with van der Waals surface area (Å²) in [5.41, 5.74) is -1.04. The Morgan fingerprint density at radius 2 is 2.05 bits per heavy atom. The molecule has 7 heteroatoms. The molecule has 2 atom stereocenters. The molecule has 1 aromatic carbocycles. The number of carbonyl (C=O) groups excluding carboxylic acids is 1. The van der Waals surface area contributed by atoms with E-state index in [1.165, 1.54) is 6.07 Å². The molecule has 0 bridgehead atoms. The normalized spacial score (nSPS) is 13.4. The highest BCUT2D eigenvalue weighted by Crippen LogP contribution is 2.24. The van der Waals surface area contributed by atoms with Crippen molar-refractivity contribution >= 4 is 5.97 Å². The Hall–Kier alpha value is -2.04. The lowest BCUT2D eigenvalue weighted by atomic mass is 10.00. The van der Waals surface area contributed by atoms with Gasteiger partial charge in [-0.05, 0) is 19.1 Å². The van der Waals surface area contributed by atoms with Crippen LogP contribution in [0.2, 0.25) is 0 Å². The number of aliphatic hydroxyl groups is 2. The standard InChI is InChI=1S/C13H13F2NO4/c1-2-20-12(18)5-11(17)13(19)8-4-9(14)7(6-16)3-10(8)15/h3-4,11,13,17,19H,2,5H2,1H3. The van der Waals surface area contributed by atoms with Gasteiger partial charge in [0.2, 0.25) is 0 Å². The highest BCUT2D eigenvalue weighted by atomic mass is 19.1. The highest BCUT2D eigenvalue weighted by molar-refractivity contribution is 5.70. The van der Waals surface area contributed by atoms with Crippen LogP contribution in [0.25, 0.3) is 0 Å². The number of halogens is 2. The number of aliphatic hydroxyl groups excluding tert-OH is 2. The summed E-state index contributed by atoms with van der Waals surface area (Å²) in [5, 5.41) is 27.9. The van der Waals surface area contributed by atoms with Gasteiger partial charge in [-0.1, -0.05) is 0 Å². The molecule has 0 radical (unpaired) electrons. The zero-order valence-corrected chi connectivity index (χ0v) is 10.6. The van der Waals surface area contributed by atoms with Gasteiger partial charge in [-0.25, -0.2) is 8.78 Å². The highest BCUT2D eigenvalue weighted by Gasteiger charge is 2.26. The Kier molecular flexibility index (Phi) is 5.55. The van der Waals surface area contributed by atoms with Crippen LogP contribution in [0.3, 0.4) is 0 Å². The number of hydrogen-bond donors (Lipinski definition) is 2. The van der Waals surface area contributed by atoms with Crippen molar-refractivity contribution in [1.82, 2.24) is 0 Å². The zero-order valence-electron chi connectivity index (χ0n) is 10.6. The molecule has 1 aromatic rings. The van der Waals surface area contributed by atoms with Gasteiger partial charge in [-0.2, -0.15) is 5.26 Å². The average molecular weight is 285 g/mol. The number of ether oxygens (including phenoxy) is 1. The van der Waals surface area contributed by atoms with Crippen molar-refractivity contribution < 1.29 is 28.5 Å². The first kappa shape index (κ1) is 16.0. The number of carbonyl (C=O) groups is 1. The van der Waals surface area contributed by atoms with Crippen LogP contribution in [0.15, 0.2) is 12.1 Å². The second-order valence-electron chi connectivity index (χ2n) is 3.99. The quantitative estimate of drug-likeness (QED) is 0.793. The van der Waals surface area contributed by atoms with Crippen LogP contribution in [-0.4, -0.2) is 28.9 Å². The third-order valence-electron chi connectivity index (χ3n) is 2.57. The SMILES string of the molecule is CCOC(=O)CC(O)C(O)c1cc(F)c(C#N)cc1F. The second kappa shape index (κ2) is 6.93. The third-order valence-corrected chi connectivity index (χ3v) is 2.57. The van der Waals surface area contributed by atoms with E-state index in [2.05, 4.69) is 4.74 Å². The van der Waals surface area contributed by atoms with Crippen LogP contribution in [0.4, 0.5) is 8.78 Å². The van der Waals surface area contributed by atoms with Crippen molar-refractivity contribution in [2.24, 2.45) is 0 Å². The van der Waals surface area contributed by atoms with Crippen LogP contribution in [-0.2, 0) is 9.53 Å². The number of nitrogens with zero attached hydrogens (tertiary/aromatic N) is 1. The van der Waals surface area contributed by atoms with Crippen LogP contribution in [0, 0.1) is 23.0 Å². The summed E-state index contributed by atoms with van der Waals surface area (Å²) in [6.07, 6.45) is -4.01. The van der Waals surface area contributed by atoms with Crippen molar-refractivity contribution in [3.63, 3.8) is 0 Å². The molecule has 5 nitrogen and oxygen atoms in total. The fraction of sp³-hybridized carbons (Fsp3) is 0.385. The van der Waals surface area contributed by atoms with E-state index in [1.807, 2.05) is 0 Å². The van der Waals surface area contributed by atoms with E-state index in [0.29, 0.717) is 12.1 Å². The first-order chi connectivity index (χ1) is 9.40. The van der Waals surface area contributed by atoms with Gasteiger partial charge in [0.1, 0.15) is 23.8 Å². The summed E-state index contributed by atoms with van der Waals surface area (Å²) in [4.78, 5) is 11.1. The maximum Gasteiger partial charge on any atom is 0.308 e. The molecule has 20 heavy (non-hydrogen) atoms. The minimum Gasteiger partial charge on any atom is -0.466 e. The smallest absolute Gasteiger partial charge is 0.308 e. The molecule has 2 N–H and O–H groups in total. The molecule has 0 aliphatic rings. The van der Waals surface area contributed by atoms with E-state index in [4.69, 9.17) is 5.26 Å². The van der Waals surface area contributed by atoms with Crippen molar-refractivity contribution in [2.75, 3.05) is 6.61 Å². The fourth-order valence-corrected chi connectivity index (χ4v) is 1.58. The summed E-state index contributed by atoms with van der Waals surface area (Å²) in [6.45, 7) is 1.66. The van der Waals surface area contributed by atoms with Gasteiger partial charge in [0.25, 0.3) is 0 Å². The maximum absolute atomic E-state index is 13.6. The molecule has 0 heterocycles. The number of hydrogen-bond acceptors (Lipinski definition) is 5. The first-order valence-corrected chi connectivity index (χ1v) is 5.81. The summed E-state index contributed by atoms with van der Waals surface area (Å²) >= 11 is 0. The Balaban J connectivity index is 2.92. The molecule has 0 spiro atoms. The topological polar surface area (TPSA) is 90.6 Å². The molecule has 0 aromatic heterocycles. The molecular weight excluding hydrogens is 272 g/mol. The van der Waals surface area contributed by atoms with Crippen molar-refractivity contribution in [2.45, 2.75) is 25.6 Å². The number of rotatable bonds is 5. The van der Waals surface area contributed by atoms with Gasteiger partial charge in [0.05, 0.1) is 24.7 Å². The monoisotopic (exact) mass is 285 g/mol. The van der Waals surface area contributed by atoms with Gasteiger partial charge in [0, 0.05) is 5.56 Å². The summed E-state index contributed by atoms with van der Waals surface area (Å²) in [5.74, 6) is -2.83. The van der Waals surface area contributed by atoms with E-state index < -0.39 is 47.4 Å². The van der Waals surface area contributed by atoms with Crippen LogP contribution < -0.4 is 0 Å². The summed E-state index contributed by atoms with van der Waals surface area (Å²) in [6, 6.07) is 2.68. The summed E-state index contributed by atoms with van der Waals surface area (Å²) < 4.78 is 31.5. The molecule has 2 unspecified atom stereocenters. The van der Waals surface area contributed by atoms with Gasteiger partial charge in [-0.3, -0.25) is 4.79 Å².